The summed E-state index contributed by atoms with van der Waals surface area (Å²) >= 11 is 1.46. The smallest absolute Gasteiger partial charge is 0.335 e. The molecule has 120 valence electrons. The largest absolute Gasteiger partial charge is 0.478 e. The summed E-state index contributed by atoms with van der Waals surface area (Å²) in [6.07, 6.45) is 0. The van der Waals surface area contributed by atoms with Crippen molar-refractivity contribution >= 4 is 29.3 Å². The summed E-state index contributed by atoms with van der Waals surface area (Å²) in [6.45, 7) is 3.42. The molecule has 1 aliphatic heterocycles. The van der Waals surface area contributed by atoms with Gasteiger partial charge in [-0.15, -0.1) is 0 Å². The molecule has 1 fully saturated rings. The molecular formula is C17H18N2O3S. The van der Waals surface area contributed by atoms with Gasteiger partial charge >= 0.3 is 5.97 Å². The summed E-state index contributed by atoms with van der Waals surface area (Å²) in [5, 5.41) is 8.88. The third-order valence-electron chi connectivity index (χ3n) is 3.63. The summed E-state index contributed by atoms with van der Waals surface area (Å²) in [4.78, 5) is 14.1. The summed E-state index contributed by atoms with van der Waals surface area (Å²) < 4.78 is 8.63. The number of nitrogens with zero attached hydrogens (tertiary/aromatic N) is 1. The van der Waals surface area contributed by atoms with Crippen LogP contribution in [0, 0.1) is 0 Å². The normalized spacial score (nSPS) is 14.5. The van der Waals surface area contributed by atoms with Crippen LogP contribution in [0.25, 0.3) is 0 Å². The van der Waals surface area contributed by atoms with Crippen LogP contribution in [0.3, 0.4) is 0 Å². The maximum absolute atomic E-state index is 10.8. The molecule has 0 unspecified atom stereocenters. The zero-order chi connectivity index (χ0) is 16.1. The minimum Gasteiger partial charge on any atom is -0.478 e. The van der Waals surface area contributed by atoms with Gasteiger partial charge in [0.05, 0.1) is 18.8 Å². The van der Waals surface area contributed by atoms with Gasteiger partial charge in [0, 0.05) is 29.4 Å². The molecule has 0 radical (unpaired) electrons. The Morgan fingerprint density at radius 1 is 1.04 bits per heavy atom. The van der Waals surface area contributed by atoms with Crippen molar-refractivity contribution in [3.63, 3.8) is 0 Å². The molecule has 0 saturated carbocycles. The van der Waals surface area contributed by atoms with E-state index in [-0.39, 0.29) is 0 Å². The molecule has 1 aliphatic rings. The van der Waals surface area contributed by atoms with Gasteiger partial charge < -0.3 is 19.5 Å². The number of carboxylic acids is 1. The molecule has 2 N–H and O–H groups in total. The van der Waals surface area contributed by atoms with Crippen molar-refractivity contribution in [2.24, 2.45) is 0 Å². The highest BCUT2D eigenvalue weighted by Crippen LogP contribution is 2.24. The topological polar surface area (TPSA) is 61.8 Å². The van der Waals surface area contributed by atoms with Crippen LogP contribution >= 0.6 is 11.9 Å². The van der Waals surface area contributed by atoms with Gasteiger partial charge in [-0.05, 0) is 60.5 Å². The Kier molecular flexibility index (Phi) is 5.05. The molecule has 5 nitrogen and oxygen atoms in total. The zero-order valence-corrected chi connectivity index (χ0v) is 13.4. The van der Waals surface area contributed by atoms with Crippen LogP contribution in [-0.4, -0.2) is 37.4 Å². The van der Waals surface area contributed by atoms with Gasteiger partial charge in [0.15, 0.2) is 0 Å². The second-order valence-corrected chi connectivity index (χ2v) is 6.06. The van der Waals surface area contributed by atoms with Gasteiger partial charge in [-0.2, -0.15) is 0 Å². The van der Waals surface area contributed by atoms with Crippen molar-refractivity contribution in [2.75, 3.05) is 35.9 Å². The van der Waals surface area contributed by atoms with Crippen molar-refractivity contribution in [3.05, 3.63) is 54.1 Å². The Balaban J connectivity index is 1.56. The summed E-state index contributed by atoms with van der Waals surface area (Å²) in [6, 6.07) is 15.1. The predicted molar refractivity (Wildman–Crippen MR) is 92.4 cm³/mol. The Labute approximate surface area is 139 Å². The highest BCUT2D eigenvalue weighted by Gasteiger charge is 2.10. The number of hydrogen-bond donors (Lipinski definition) is 2. The Hall–Kier alpha value is -2.18. The first-order chi connectivity index (χ1) is 11.2. The first-order valence-electron chi connectivity index (χ1n) is 7.41. The van der Waals surface area contributed by atoms with E-state index in [1.807, 2.05) is 12.1 Å². The standard InChI is InChI=1S/C17H18N2O3S/c20-17(21)13-1-7-16(8-2-13)23-18-14-3-5-15(6-4-14)19-9-11-22-12-10-19/h1-8,18H,9-12H2,(H,20,21). The van der Waals surface area contributed by atoms with E-state index in [2.05, 4.69) is 21.8 Å². The van der Waals surface area contributed by atoms with Crippen molar-refractivity contribution in [1.29, 1.82) is 0 Å². The number of benzene rings is 2. The van der Waals surface area contributed by atoms with E-state index >= 15 is 0 Å². The molecule has 6 heteroatoms. The molecule has 2 aromatic carbocycles. The second-order valence-electron chi connectivity index (χ2n) is 5.18. The first-order valence-corrected chi connectivity index (χ1v) is 8.23. The summed E-state index contributed by atoms with van der Waals surface area (Å²) in [7, 11) is 0. The van der Waals surface area contributed by atoms with Gasteiger partial charge in [-0.3, -0.25) is 0 Å². The summed E-state index contributed by atoms with van der Waals surface area (Å²) in [5.41, 5.74) is 2.51. The predicted octanol–water partition coefficient (Wildman–Crippen LogP) is 3.34. The SMILES string of the molecule is O=C(O)c1ccc(SNc2ccc(N3CCOCC3)cc2)cc1. The molecule has 0 spiro atoms. The molecule has 1 saturated heterocycles. The van der Waals surface area contributed by atoms with Crippen LogP contribution in [0.4, 0.5) is 11.4 Å². The number of anilines is 2. The van der Waals surface area contributed by atoms with Crippen LogP contribution < -0.4 is 9.62 Å². The number of carboxylic acid groups (broad SMARTS) is 1. The van der Waals surface area contributed by atoms with E-state index in [9.17, 15) is 4.79 Å². The van der Waals surface area contributed by atoms with Crippen LogP contribution in [-0.2, 0) is 4.74 Å². The second kappa shape index (κ2) is 7.39. The molecule has 0 bridgehead atoms. The fourth-order valence-corrected chi connectivity index (χ4v) is 2.99. The molecule has 0 atom stereocenters. The van der Waals surface area contributed by atoms with Crippen molar-refractivity contribution in [3.8, 4) is 0 Å². The number of morpholine rings is 1. The zero-order valence-electron chi connectivity index (χ0n) is 12.6. The molecule has 23 heavy (non-hydrogen) atoms. The van der Waals surface area contributed by atoms with E-state index < -0.39 is 5.97 Å². The van der Waals surface area contributed by atoms with Gasteiger partial charge in [0.2, 0.25) is 0 Å². The Morgan fingerprint density at radius 2 is 1.70 bits per heavy atom. The molecule has 0 amide bonds. The maximum Gasteiger partial charge on any atom is 0.335 e. The maximum atomic E-state index is 10.8. The first kappa shape index (κ1) is 15.7. The number of rotatable bonds is 5. The number of carbonyl (C=O) groups is 1. The Bertz CT molecular complexity index is 653. The molecule has 2 aromatic rings. The molecule has 0 aromatic heterocycles. The average molecular weight is 330 g/mol. The minimum atomic E-state index is -0.909. The lowest BCUT2D eigenvalue weighted by Gasteiger charge is -2.28. The third kappa shape index (κ3) is 4.18. The Morgan fingerprint density at radius 3 is 2.30 bits per heavy atom. The molecule has 3 rings (SSSR count). The highest BCUT2D eigenvalue weighted by molar-refractivity contribution is 8.00. The van der Waals surface area contributed by atoms with Gasteiger partial charge in [0.25, 0.3) is 0 Å². The number of nitrogens with one attached hydrogen (secondary N) is 1. The van der Waals surface area contributed by atoms with Crippen molar-refractivity contribution < 1.29 is 14.6 Å². The fraction of sp³-hybridized carbons (Fsp3) is 0.235. The minimum absolute atomic E-state index is 0.296. The fourth-order valence-electron chi connectivity index (χ4n) is 2.35. The highest BCUT2D eigenvalue weighted by atomic mass is 32.2. The van der Waals surface area contributed by atoms with E-state index in [1.165, 1.54) is 17.6 Å². The average Bonchev–Trinajstić information content (AvgIpc) is 2.61. The molecule has 0 aliphatic carbocycles. The van der Waals surface area contributed by atoms with Gasteiger partial charge in [-0.25, -0.2) is 4.79 Å². The van der Waals surface area contributed by atoms with Crippen molar-refractivity contribution in [1.82, 2.24) is 0 Å². The van der Waals surface area contributed by atoms with Gasteiger partial charge in [0.1, 0.15) is 0 Å². The third-order valence-corrected chi connectivity index (χ3v) is 4.48. The van der Waals surface area contributed by atoms with E-state index in [1.54, 1.807) is 24.3 Å². The van der Waals surface area contributed by atoms with Crippen molar-refractivity contribution in [2.45, 2.75) is 4.90 Å². The van der Waals surface area contributed by atoms with Crippen LogP contribution in [0.1, 0.15) is 10.4 Å². The monoisotopic (exact) mass is 330 g/mol. The quantitative estimate of drug-likeness (QED) is 0.820. The van der Waals surface area contributed by atoms with Crippen LogP contribution in [0.2, 0.25) is 0 Å². The lowest BCUT2D eigenvalue weighted by molar-refractivity contribution is 0.0697. The van der Waals surface area contributed by atoms with E-state index in [0.717, 1.165) is 36.9 Å². The number of hydrogen-bond acceptors (Lipinski definition) is 5. The summed E-state index contributed by atoms with van der Waals surface area (Å²) in [5.74, 6) is -0.909. The van der Waals surface area contributed by atoms with E-state index in [4.69, 9.17) is 9.84 Å². The lowest BCUT2D eigenvalue weighted by Crippen LogP contribution is -2.36. The number of ether oxygens (including phenoxy) is 1. The van der Waals surface area contributed by atoms with E-state index in [0.29, 0.717) is 5.56 Å². The van der Waals surface area contributed by atoms with Crippen LogP contribution in [0.5, 0.6) is 0 Å². The molecule has 1 heterocycles. The molecular weight excluding hydrogens is 312 g/mol. The number of aromatic carboxylic acids is 1. The lowest BCUT2D eigenvalue weighted by atomic mass is 10.2. The van der Waals surface area contributed by atoms with Crippen LogP contribution in [0.15, 0.2) is 53.4 Å². The van der Waals surface area contributed by atoms with Gasteiger partial charge in [-0.1, -0.05) is 0 Å².